The summed E-state index contributed by atoms with van der Waals surface area (Å²) in [6.07, 6.45) is -48.5. The fraction of sp³-hybridized carbons (Fsp3) is 0.949. The van der Waals surface area contributed by atoms with Crippen LogP contribution < -0.4 is 10.6 Å². The van der Waals surface area contributed by atoms with Gasteiger partial charge in [-0.15, -0.1) is 0 Å². The lowest BCUT2D eigenvalue weighted by atomic mass is 9.94. The van der Waals surface area contributed by atoms with Crippen molar-refractivity contribution < 1.29 is 149 Å². The van der Waals surface area contributed by atoms with Crippen molar-refractivity contribution in [3.63, 3.8) is 0 Å². The number of carbonyl (C=O) groups is 2. The Morgan fingerprint density at radius 3 is 1.39 bits per heavy atom. The van der Waals surface area contributed by atoms with Gasteiger partial charge in [0.15, 0.2) is 31.5 Å². The van der Waals surface area contributed by atoms with E-state index in [-0.39, 0.29) is 0 Å². The highest BCUT2D eigenvalue weighted by Gasteiger charge is 2.55. The Morgan fingerprint density at radius 1 is 0.437 bits per heavy atom. The summed E-state index contributed by atoms with van der Waals surface area (Å²) >= 11 is 0. The number of hydrogen-bond donors (Lipinski definition) is 20. The minimum atomic E-state index is -2.16. The van der Waals surface area contributed by atoms with E-state index in [2.05, 4.69) is 10.6 Å². The third-order valence-electron chi connectivity index (χ3n) is 12.5. The van der Waals surface area contributed by atoms with E-state index in [0.717, 1.165) is 13.8 Å². The zero-order chi connectivity index (χ0) is 52.8. The maximum Gasteiger partial charge on any atom is 0.217 e. The first-order valence-electron chi connectivity index (χ1n) is 22.4. The smallest absolute Gasteiger partial charge is 0.217 e. The number of hydrogen-bond acceptors (Lipinski definition) is 30. The topological polar surface area (TPSA) is 515 Å². The van der Waals surface area contributed by atoms with Crippen molar-refractivity contribution in [3.8, 4) is 0 Å². The summed E-state index contributed by atoms with van der Waals surface area (Å²) in [6, 6.07) is -3.36. The highest BCUT2D eigenvalue weighted by atomic mass is 16.8. The molecule has 5 fully saturated rings. The van der Waals surface area contributed by atoms with Crippen molar-refractivity contribution in [1.82, 2.24) is 10.6 Å². The van der Waals surface area contributed by atoms with Crippen molar-refractivity contribution in [2.45, 2.75) is 186 Å². The Labute approximate surface area is 402 Å². The molecule has 0 aromatic rings. The maximum absolute atomic E-state index is 12.5. The molecular weight excluding hydrogens is 976 g/mol. The molecule has 5 heterocycles. The molecule has 2 amide bonds. The lowest BCUT2D eigenvalue weighted by molar-refractivity contribution is -0.363. The average molecular weight is 1040 g/mol. The molecule has 28 atom stereocenters. The highest BCUT2D eigenvalue weighted by molar-refractivity contribution is 5.73. The number of ether oxygens (including phenoxy) is 10. The van der Waals surface area contributed by atoms with Gasteiger partial charge in [-0.1, -0.05) is 0 Å². The fourth-order valence-corrected chi connectivity index (χ4v) is 8.40. The summed E-state index contributed by atoms with van der Waals surface area (Å²) in [4.78, 5) is 24.9. The molecule has 5 saturated heterocycles. The van der Waals surface area contributed by atoms with Crippen molar-refractivity contribution in [1.29, 1.82) is 0 Å². The first-order chi connectivity index (χ1) is 33.5. The molecular formula is C39H68N2O30. The van der Waals surface area contributed by atoms with Crippen LogP contribution in [0.4, 0.5) is 0 Å². The Balaban J connectivity index is 1.39. The van der Waals surface area contributed by atoms with E-state index in [1.807, 2.05) is 0 Å². The fourth-order valence-electron chi connectivity index (χ4n) is 8.40. The number of nitrogens with one attached hydrogen (secondary N) is 2. The second kappa shape index (κ2) is 26.5. The molecule has 0 radical (unpaired) electrons. The lowest BCUT2D eigenvalue weighted by Gasteiger charge is -2.49. The first kappa shape index (κ1) is 59.7. The van der Waals surface area contributed by atoms with Gasteiger partial charge >= 0.3 is 0 Å². The molecule has 0 bridgehead atoms. The normalized spacial score (nSPS) is 45.7. The van der Waals surface area contributed by atoms with Gasteiger partial charge in [0.1, 0.15) is 140 Å². The van der Waals surface area contributed by atoms with Gasteiger partial charge in [0.05, 0.1) is 46.2 Å². The van der Waals surface area contributed by atoms with Crippen LogP contribution >= 0.6 is 0 Å². The first-order valence-corrected chi connectivity index (χ1v) is 22.4. The molecule has 5 aliphatic heterocycles. The standard InChI is InChI=1S/C39H68N2O30/c1-10(46)40-19-27(56)24(53)17(8-63-35-20(41-11(2)47)33(25(54)16(6-45)65-35)70-39-31(60)29(58)23(52)15(5-44)67-39)68-36(19)71-34-26(55)18(9-64-37-30(59)28(57)22(51)14(4-43)66-37)69-38(32(34)61)62-7-13(49)21(50)12(48)3-42/h12-39,42-45,48-61H,3-9H2,1-2H3,(H,40,46)(H,41,47)/t12-,13+,14-,15-,16-,17-,18-,19-,20-,21-,22-,23+,24-,25+,26+,27-,28+,29+,30-,31-,32-,33-,34+,35-,36-,37+,38-,39+/m1/s1. The van der Waals surface area contributed by atoms with Crippen LogP contribution in [-0.4, -0.2) is 322 Å². The summed E-state index contributed by atoms with van der Waals surface area (Å²) in [5, 5.41) is 193. The minimum absolute atomic E-state index is 0.790. The van der Waals surface area contributed by atoms with E-state index >= 15 is 0 Å². The largest absolute Gasteiger partial charge is 0.394 e. The molecule has 0 aromatic carbocycles. The molecule has 0 spiro atoms. The molecule has 20 N–H and O–H groups in total. The van der Waals surface area contributed by atoms with Crippen LogP contribution in [0.3, 0.4) is 0 Å². The highest BCUT2D eigenvalue weighted by Crippen LogP contribution is 2.34. The molecule has 414 valence electrons. The zero-order valence-electron chi connectivity index (χ0n) is 38.1. The van der Waals surface area contributed by atoms with E-state index < -0.39 is 230 Å². The van der Waals surface area contributed by atoms with Gasteiger partial charge in [-0.3, -0.25) is 9.59 Å². The molecule has 0 unspecified atom stereocenters. The van der Waals surface area contributed by atoms with Crippen molar-refractivity contribution in [3.05, 3.63) is 0 Å². The van der Waals surface area contributed by atoms with Crippen molar-refractivity contribution in [2.24, 2.45) is 0 Å². The van der Waals surface area contributed by atoms with Crippen molar-refractivity contribution >= 4 is 11.8 Å². The number of amides is 2. The summed E-state index contributed by atoms with van der Waals surface area (Å²) < 4.78 is 56.8. The Kier molecular flexibility index (Phi) is 22.3. The predicted molar refractivity (Wildman–Crippen MR) is 219 cm³/mol. The Morgan fingerprint density at radius 2 is 0.845 bits per heavy atom. The van der Waals surface area contributed by atoms with Crippen LogP contribution in [0.15, 0.2) is 0 Å². The molecule has 5 rings (SSSR count). The average Bonchev–Trinajstić information content (AvgIpc) is 3.34. The van der Waals surface area contributed by atoms with Crippen LogP contribution in [0.2, 0.25) is 0 Å². The summed E-state index contributed by atoms with van der Waals surface area (Å²) in [7, 11) is 0. The van der Waals surface area contributed by atoms with Crippen LogP contribution in [0, 0.1) is 0 Å². The van der Waals surface area contributed by atoms with E-state index in [0.29, 0.717) is 0 Å². The number of aliphatic hydroxyl groups excluding tert-OH is 18. The third-order valence-corrected chi connectivity index (χ3v) is 12.5. The molecule has 32 nitrogen and oxygen atoms in total. The lowest BCUT2D eigenvalue weighted by Crippen LogP contribution is -2.69. The molecule has 0 aromatic heterocycles. The van der Waals surface area contributed by atoms with Crippen LogP contribution in [0.25, 0.3) is 0 Å². The zero-order valence-corrected chi connectivity index (χ0v) is 38.1. The summed E-state index contributed by atoms with van der Waals surface area (Å²) in [5.74, 6) is -1.62. The molecule has 0 aliphatic carbocycles. The van der Waals surface area contributed by atoms with Gasteiger partial charge in [-0.25, -0.2) is 0 Å². The molecule has 32 heteroatoms. The van der Waals surface area contributed by atoms with Gasteiger partial charge in [0.25, 0.3) is 0 Å². The summed E-state index contributed by atoms with van der Waals surface area (Å²) in [6.45, 7) is -4.23. The predicted octanol–water partition coefficient (Wildman–Crippen LogP) is -13.5. The third kappa shape index (κ3) is 14.0. The van der Waals surface area contributed by atoms with Gasteiger partial charge in [0, 0.05) is 13.8 Å². The molecule has 71 heavy (non-hydrogen) atoms. The minimum Gasteiger partial charge on any atom is -0.394 e. The molecule has 0 saturated carbocycles. The Hall–Kier alpha value is -2.18. The van der Waals surface area contributed by atoms with Crippen molar-refractivity contribution in [2.75, 3.05) is 46.2 Å². The second-order valence-corrected chi connectivity index (χ2v) is 17.6. The monoisotopic (exact) mass is 1040 g/mol. The van der Waals surface area contributed by atoms with Gasteiger partial charge < -0.3 is 150 Å². The van der Waals surface area contributed by atoms with E-state index in [1.165, 1.54) is 0 Å². The van der Waals surface area contributed by atoms with Gasteiger partial charge in [-0.05, 0) is 0 Å². The van der Waals surface area contributed by atoms with E-state index in [4.69, 9.17) is 47.4 Å². The SMILES string of the molecule is CC(=O)N[C@H]1[C@@H](O[C@H]2[C@@H](O)[C@@H](CO[C@H]3O[C@H](CO)[C@@H](O)[C@H](O)[C@H]3O)O[C@@H](OC[C@H](O)[C@H](O)[C@H](O)CO)[C@@H]2O)O[C@H](CO[C@@H]2O[C@H](CO)[C@H](O)[C@H](O[C@@H]3O[C@H](CO)[C@H](O)[C@H](O)[C@H]3O)[C@H]2NC(C)=O)[C@@H](O)[C@@H]1O. The van der Waals surface area contributed by atoms with E-state index in [9.17, 15) is 102 Å². The molecule has 5 aliphatic rings. The van der Waals surface area contributed by atoms with Crippen LogP contribution in [0.1, 0.15) is 13.8 Å². The number of carbonyl (C=O) groups excluding carboxylic acids is 2. The van der Waals surface area contributed by atoms with Crippen LogP contribution in [0.5, 0.6) is 0 Å². The quantitative estimate of drug-likeness (QED) is 0.0507. The second-order valence-electron chi connectivity index (χ2n) is 17.6. The Bertz CT molecular complexity index is 1640. The van der Waals surface area contributed by atoms with Gasteiger partial charge in [-0.2, -0.15) is 0 Å². The van der Waals surface area contributed by atoms with Crippen LogP contribution in [-0.2, 0) is 57.0 Å². The maximum atomic E-state index is 12.5. The summed E-state index contributed by atoms with van der Waals surface area (Å²) in [5.41, 5.74) is 0. The number of aliphatic hydroxyl groups is 18. The number of rotatable bonds is 21. The van der Waals surface area contributed by atoms with Gasteiger partial charge in [0.2, 0.25) is 11.8 Å². The van der Waals surface area contributed by atoms with E-state index in [1.54, 1.807) is 0 Å².